The van der Waals surface area contributed by atoms with Crippen LogP contribution in [-0.4, -0.2) is 0 Å². The molecular weight excluding hydrogens is 180 g/mol. The molecule has 0 spiro atoms. The van der Waals surface area contributed by atoms with Crippen LogP contribution in [0.5, 0.6) is 0 Å². The number of benzene rings is 1. The molecule has 0 heteroatoms. The van der Waals surface area contributed by atoms with Crippen LogP contribution in [0.4, 0.5) is 0 Å². The van der Waals surface area contributed by atoms with E-state index in [0.29, 0.717) is 0 Å². The van der Waals surface area contributed by atoms with Crippen molar-refractivity contribution < 1.29 is 0 Å². The first-order valence-electron chi connectivity index (χ1n) is 6.05. The average molecular weight is 199 g/mol. The van der Waals surface area contributed by atoms with Gasteiger partial charge < -0.3 is 0 Å². The van der Waals surface area contributed by atoms with Crippen LogP contribution in [0.25, 0.3) is 5.57 Å². The molecule has 0 nitrogen and oxygen atoms in total. The molecule has 15 heavy (non-hydrogen) atoms. The summed E-state index contributed by atoms with van der Waals surface area (Å²) in [5, 5.41) is 0. The van der Waals surface area contributed by atoms with Gasteiger partial charge in [0.25, 0.3) is 0 Å². The van der Waals surface area contributed by atoms with Gasteiger partial charge in [0.2, 0.25) is 0 Å². The molecule has 0 saturated carbocycles. The summed E-state index contributed by atoms with van der Waals surface area (Å²) >= 11 is 0. The lowest BCUT2D eigenvalue weighted by Crippen LogP contribution is -2.04. The largest absolute Gasteiger partial charge is 0.0804 e. The Labute approximate surface area is 93.0 Å². The van der Waals surface area contributed by atoms with Gasteiger partial charge in [0.1, 0.15) is 0 Å². The first-order chi connectivity index (χ1) is 7.40. The molecule has 0 saturated heterocycles. The van der Waals surface area contributed by atoms with E-state index in [2.05, 4.69) is 31.2 Å². The van der Waals surface area contributed by atoms with Crippen molar-refractivity contribution in [1.29, 1.82) is 0 Å². The quantitative estimate of drug-likeness (QED) is 0.673. The molecule has 1 aliphatic rings. The Hall–Kier alpha value is -1.04. The van der Waals surface area contributed by atoms with Crippen LogP contribution in [0, 0.1) is 12.0 Å². The third-order valence-electron chi connectivity index (χ3n) is 3.31. The predicted molar refractivity (Wildman–Crippen MR) is 65.5 cm³/mol. The highest BCUT2D eigenvalue weighted by Gasteiger charge is 2.13. The van der Waals surface area contributed by atoms with Gasteiger partial charge in [0.15, 0.2) is 0 Å². The molecule has 79 valence electrons. The number of hydrogen-bond donors (Lipinski definition) is 0. The van der Waals surface area contributed by atoms with Gasteiger partial charge in [-0.2, -0.15) is 0 Å². The van der Waals surface area contributed by atoms with Gasteiger partial charge in [-0.05, 0) is 42.4 Å². The summed E-state index contributed by atoms with van der Waals surface area (Å²) in [7, 11) is 0. The first-order valence-corrected chi connectivity index (χ1v) is 6.05. The fourth-order valence-corrected chi connectivity index (χ4v) is 2.42. The Balaban J connectivity index is 2.02. The van der Waals surface area contributed by atoms with E-state index in [1.54, 1.807) is 0 Å². The molecule has 1 aliphatic carbocycles. The molecule has 0 N–H and O–H groups in total. The van der Waals surface area contributed by atoms with E-state index in [1.807, 2.05) is 12.1 Å². The Bertz CT molecular complexity index is 321. The Morgan fingerprint density at radius 2 is 2.13 bits per heavy atom. The van der Waals surface area contributed by atoms with Gasteiger partial charge in [-0.1, -0.05) is 50.1 Å². The first kappa shape index (κ1) is 10.5. The zero-order chi connectivity index (χ0) is 10.5. The second-order valence-corrected chi connectivity index (χ2v) is 4.45. The van der Waals surface area contributed by atoms with E-state index in [0.717, 1.165) is 5.92 Å². The summed E-state index contributed by atoms with van der Waals surface area (Å²) in [6.45, 7) is 2.28. The van der Waals surface area contributed by atoms with E-state index in [9.17, 15) is 0 Å². The second kappa shape index (κ2) is 5.16. The summed E-state index contributed by atoms with van der Waals surface area (Å²) in [5.41, 5.74) is 2.93. The Morgan fingerprint density at radius 1 is 1.33 bits per heavy atom. The third kappa shape index (κ3) is 2.71. The van der Waals surface area contributed by atoms with Crippen molar-refractivity contribution in [2.75, 3.05) is 0 Å². The van der Waals surface area contributed by atoms with Gasteiger partial charge in [-0.25, -0.2) is 0 Å². The smallest absolute Gasteiger partial charge is 0.0184 e. The van der Waals surface area contributed by atoms with Crippen molar-refractivity contribution in [3.8, 4) is 0 Å². The molecule has 0 heterocycles. The van der Waals surface area contributed by atoms with Crippen molar-refractivity contribution >= 4 is 5.57 Å². The minimum absolute atomic E-state index is 0.939. The van der Waals surface area contributed by atoms with Crippen molar-refractivity contribution in [3.63, 3.8) is 0 Å². The minimum Gasteiger partial charge on any atom is -0.0804 e. The summed E-state index contributed by atoms with van der Waals surface area (Å²) in [5.74, 6) is 0.939. The lowest BCUT2D eigenvalue weighted by Gasteiger charge is -2.21. The highest BCUT2D eigenvalue weighted by Crippen LogP contribution is 2.31. The van der Waals surface area contributed by atoms with E-state index in [1.165, 1.54) is 43.2 Å². The van der Waals surface area contributed by atoms with Crippen LogP contribution < -0.4 is 0 Å². The van der Waals surface area contributed by atoms with Crippen LogP contribution in [0.15, 0.2) is 30.3 Å². The maximum absolute atomic E-state index is 3.07. The minimum atomic E-state index is 0.939. The topological polar surface area (TPSA) is 0 Å². The number of rotatable bonds is 3. The second-order valence-electron chi connectivity index (χ2n) is 4.45. The number of allylic oxidation sites excluding steroid dienone is 2. The zero-order valence-electron chi connectivity index (χ0n) is 9.50. The van der Waals surface area contributed by atoms with E-state index in [-0.39, 0.29) is 0 Å². The summed E-state index contributed by atoms with van der Waals surface area (Å²) in [6, 6.07) is 11.4. The Kier molecular flexibility index (Phi) is 3.60. The molecule has 1 aromatic carbocycles. The molecule has 0 fully saturated rings. The third-order valence-corrected chi connectivity index (χ3v) is 3.31. The lowest BCUT2D eigenvalue weighted by atomic mass is 9.84. The normalized spacial score (nSPS) is 21.1. The molecule has 0 aromatic heterocycles. The van der Waals surface area contributed by atoms with Crippen LogP contribution in [-0.2, 0) is 0 Å². The maximum Gasteiger partial charge on any atom is -0.0184 e. The van der Waals surface area contributed by atoms with E-state index in [4.69, 9.17) is 0 Å². The van der Waals surface area contributed by atoms with E-state index < -0.39 is 0 Å². The van der Waals surface area contributed by atoms with Crippen molar-refractivity contribution in [2.24, 2.45) is 5.92 Å². The van der Waals surface area contributed by atoms with Crippen LogP contribution in [0.1, 0.15) is 44.6 Å². The van der Waals surface area contributed by atoms with Gasteiger partial charge in [-0.15, -0.1) is 0 Å². The van der Waals surface area contributed by atoms with Crippen LogP contribution >= 0.6 is 0 Å². The fourth-order valence-electron chi connectivity index (χ4n) is 2.42. The van der Waals surface area contributed by atoms with E-state index >= 15 is 0 Å². The van der Waals surface area contributed by atoms with Gasteiger partial charge in [-0.3, -0.25) is 0 Å². The SMILES string of the molecule is CCCC1CC=C(c2cc[c]cc2)CC1. The molecule has 0 bridgehead atoms. The Morgan fingerprint density at radius 3 is 2.73 bits per heavy atom. The molecule has 0 amide bonds. The van der Waals surface area contributed by atoms with Gasteiger partial charge in [0, 0.05) is 0 Å². The molecule has 1 radical (unpaired) electrons. The molecule has 2 rings (SSSR count). The summed E-state index contributed by atoms with van der Waals surface area (Å²) in [4.78, 5) is 0. The predicted octanol–water partition coefficient (Wildman–Crippen LogP) is 4.47. The average Bonchev–Trinajstić information content (AvgIpc) is 2.32. The molecule has 0 aliphatic heterocycles. The van der Waals surface area contributed by atoms with Crippen molar-refractivity contribution in [1.82, 2.24) is 0 Å². The van der Waals surface area contributed by atoms with Crippen LogP contribution in [0.2, 0.25) is 0 Å². The van der Waals surface area contributed by atoms with Crippen molar-refractivity contribution in [3.05, 3.63) is 42.0 Å². The number of hydrogen-bond acceptors (Lipinski definition) is 0. The summed E-state index contributed by atoms with van der Waals surface area (Å²) < 4.78 is 0. The summed E-state index contributed by atoms with van der Waals surface area (Å²) in [6.07, 6.45) is 9.08. The maximum atomic E-state index is 3.07. The highest BCUT2D eigenvalue weighted by molar-refractivity contribution is 5.65. The van der Waals surface area contributed by atoms with Gasteiger partial charge >= 0.3 is 0 Å². The standard InChI is InChI=1S/C15H19/c1-2-6-13-9-11-15(12-10-13)14-7-4-3-5-8-14/h4-5,7-8,11,13H,2,6,9-10,12H2,1H3. The molecule has 1 unspecified atom stereocenters. The van der Waals surface area contributed by atoms with Gasteiger partial charge in [0.05, 0.1) is 0 Å². The highest BCUT2D eigenvalue weighted by atomic mass is 14.2. The lowest BCUT2D eigenvalue weighted by molar-refractivity contribution is 0.445. The fraction of sp³-hybridized carbons (Fsp3) is 0.467. The van der Waals surface area contributed by atoms with Crippen molar-refractivity contribution in [2.45, 2.75) is 39.0 Å². The molecule has 1 atom stereocenters. The molecule has 1 aromatic rings. The zero-order valence-corrected chi connectivity index (χ0v) is 9.50. The monoisotopic (exact) mass is 199 g/mol. The molecular formula is C15H19. The van der Waals surface area contributed by atoms with Crippen LogP contribution in [0.3, 0.4) is 0 Å².